The first-order chi connectivity index (χ1) is 32.0. The molecule has 0 saturated heterocycles. The molecule has 0 aliphatic heterocycles. The normalized spacial score (nSPS) is 24.1. The number of hydrogen-bond donors (Lipinski definition) is 0. The Bertz CT molecular complexity index is 790. The first-order valence-electron chi connectivity index (χ1n) is 29.2. The molecule has 69 heavy (non-hydrogen) atoms. The Morgan fingerprint density at radius 3 is 0.217 bits per heavy atom. The molecule has 8 rings (SSSR count). The third kappa shape index (κ3) is 72.0. The molecule has 0 bridgehead atoms. The van der Waals surface area contributed by atoms with E-state index in [1.807, 2.05) is 0 Å². The summed E-state index contributed by atoms with van der Waals surface area (Å²) in [7, 11) is 0. The van der Waals surface area contributed by atoms with Gasteiger partial charge in [-0.2, -0.15) is 0 Å². The van der Waals surface area contributed by atoms with E-state index in [-0.39, 0.29) is 69.7 Å². The van der Waals surface area contributed by atoms with Crippen LogP contribution >= 0.6 is 0 Å². The summed E-state index contributed by atoms with van der Waals surface area (Å²) in [5.74, 6) is 0. The first kappa shape index (κ1) is 77.6. The predicted molar refractivity (Wildman–Crippen MR) is 295 cm³/mol. The topological polar surface area (TPSA) is 0 Å². The van der Waals surface area contributed by atoms with E-state index < -0.39 is 0 Å². The fourth-order valence-electron chi connectivity index (χ4n) is 8.91. The smallest absolute Gasteiger partial charge is 1.00 e. The van der Waals surface area contributed by atoms with E-state index in [1.54, 1.807) is 0 Å². The summed E-state index contributed by atoms with van der Waals surface area (Å²) in [5, 5.41) is 0. The minimum Gasteiger partial charge on any atom is -1.00 e. The van der Waals surface area contributed by atoms with Crippen LogP contribution in [-0.2, 0) is 20.1 Å². The summed E-state index contributed by atoms with van der Waals surface area (Å²) in [5.41, 5.74) is 0. The minimum absolute atomic E-state index is 0. The predicted octanol–water partition coefficient (Wildman–Crippen LogP) is 11.2. The number of rotatable bonds is 0. The van der Waals surface area contributed by atoms with Crippen molar-refractivity contribution in [2.45, 2.75) is 308 Å². The zero-order valence-electron chi connectivity index (χ0n) is 45.0. The molecule has 0 aromatic carbocycles. The summed E-state index contributed by atoms with van der Waals surface area (Å²) in [6, 6.07) is 0. The molecule has 5 heteroatoms. The molecule has 0 aromatic rings. The second kappa shape index (κ2) is 74.3. The van der Waals surface area contributed by atoms with Crippen LogP contribution < -0.4 is 49.6 Å². The number of halogens is 4. The van der Waals surface area contributed by atoms with Crippen molar-refractivity contribution in [1.82, 2.24) is 0 Å². The van der Waals surface area contributed by atoms with Crippen LogP contribution in [0.3, 0.4) is 0 Å². The third-order valence-corrected chi connectivity index (χ3v) is 13.3. The maximum absolute atomic E-state index is 2.32. The molecule has 0 fully saturated rings. The maximum atomic E-state index is 2.32. The molecule has 8 aliphatic carbocycles. The Labute approximate surface area is 471 Å². The van der Waals surface area contributed by atoms with Crippen LogP contribution in [0.1, 0.15) is 308 Å². The molecular formula is C64H112Cl4Ir. The van der Waals surface area contributed by atoms with Crippen LogP contribution in [0.25, 0.3) is 0 Å². The van der Waals surface area contributed by atoms with E-state index in [9.17, 15) is 0 Å². The quantitative estimate of drug-likeness (QED) is 0.212. The molecule has 0 amide bonds. The van der Waals surface area contributed by atoms with Crippen molar-refractivity contribution in [1.29, 1.82) is 0 Å². The SMILES string of the molecule is C1=C\CCCCCC/1.C1=C\CCCCCC/1.C1=C\CCCCCC/1.C1=C\CCCCCC/1.C1=C\CCCCCC/1.C1=C\CCCCCC/1.C1=C\CCCCCC/1.C1=C\CCCCCC/1.[Cl-].[Cl-].[Cl-].[Cl-].[Ir+4]. The summed E-state index contributed by atoms with van der Waals surface area (Å²) in [6.07, 6.45) is 104. The van der Waals surface area contributed by atoms with E-state index >= 15 is 0 Å². The van der Waals surface area contributed by atoms with Gasteiger partial charge in [-0.05, 0) is 205 Å². The van der Waals surface area contributed by atoms with Gasteiger partial charge in [-0.3, -0.25) is 0 Å². The van der Waals surface area contributed by atoms with Crippen LogP contribution in [0.2, 0.25) is 0 Å². The van der Waals surface area contributed by atoms with E-state index in [0.717, 1.165) is 0 Å². The van der Waals surface area contributed by atoms with Crippen LogP contribution in [0.15, 0.2) is 97.2 Å². The second-order valence-electron chi connectivity index (χ2n) is 19.7. The van der Waals surface area contributed by atoms with Gasteiger partial charge in [0.2, 0.25) is 0 Å². The molecule has 0 aromatic heterocycles. The fraction of sp³-hybridized carbons (Fsp3) is 0.750. The van der Waals surface area contributed by atoms with E-state index in [4.69, 9.17) is 0 Å². The Balaban J connectivity index is -0.000000224. The Morgan fingerprint density at radius 1 is 0.101 bits per heavy atom. The van der Waals surface area contributed by atoms with Gasteiger partial charge in [0.15, 0.2) is 0 Å². The molecule has 0 saturated carbocycles. The Kier molecular flexibility index (Phi) is 83.5. The minimum atomic E-state index is 0. The molecule has 0 atom stereocenters. The van der Waals surface area contributed by atoms with Crippen LogP contribution in [-0.4, -0.2) is 0 Å². The number of hydrogen-bond acceptors (Lipinski definition) is 0. The van der Waals surface area contributed by atoms with Crippen LogP contribution in [0.4, 0.5) is 0 Å². The van der Waals surface area contributed by atoms with Crippen molar-refractivity contribution in [2.75, 3.05) is 0 Å². The Morgan fingerprint density at radius 2 is 0.159 bits per heavy atom. The molecule has 1 radical (unpaired) electrons. The average Bonchev–Trinajstić information content (AvgIpc) is 3.18. The molecule has 0 nitrogen and oxygen atoms in total. The Hall–Kier alpha value is -0.271. The van der Waals surface area contributed by atoms with Crippen molar-refractivity contribution in [2.24, 2.45) is 0 Å². The fourth-order valence-corrected chi connectivity index (χ4v) is 8.91. The van der Waals surface area contributed by atoms with Crippen LogP contribution in [0.5, 0.6) is 0 Å². The van der Waals surface area contributed by atoms with E-state index in [0.29, 0.717) is 0 Å². The number of allylic oxidation sites excluding steroid dienone is 16. The summed E-state index contributed by atoms with van der Waals surface area (Å²) < 4.78 is 0. The van der Waals surface area contributed by atoms with Gasteiger partial charge >= 0.3 is 20.1 Å². The van der Waals surface area contributed by atoms with Gasteiger partial charge in [0.05, 0.1) is 0 Å². The molecular weight excluding hydrogens is 1100 g/mol. The molecule has 0 spiro atoms. The van der Waals surface area contributed by atoms with E-state index in [2.05, 4.69) is 97.2 Å². The summed E-state index contributed by atoms with van der Waals surface area (Å²) in [6.45, 7) is 0. The van der Waals surface area contributed by atoms with Crippen molar-refractivity contribution in [3.8, 4) is 0 Å². The largest absolute Gasteiger partial charge is 4.00 e. The molecule has 0 heterocycles. The van der Waals surface area contributed by atoms with Crippen molar-refractivity contribution >= 4 is 0 Å². The summed E-state index contributed by atoms with van der Waals surface area (Å²) >= 11 is 0. The zero-order valence-corrected chi connectivity index (χ0v) is 50.4. The van der Waals surface area contributed by atoms with Gasteiger partial charge in [-0.15, -0.1) is 0 Å². The van der Waals surface area contributed by atoms with Gasteiger partial charge in [0, 0.05) is 0 Å². The third-order valence-electron chi connectivity index (χ3n) is 13.3. The monoisotopic (exact) mass is 1210 g/mol. The molecule has 8 aliphatic rings. The van der Waals surface area contributed by atoms with Gasteiger partial charge in [-0.25, -0.2) is 0 Å². The van der Waals surface area contributed by atoms with Gasteiger partial charge in [0.1, 0.15) is 0 Å². The second-order valence-corrected chi connectivity index (χ2v) is 19.7. The van der Waals surface area contributed by atoms with Crippen molar-refractivity contribution < 1.29 is 69.7 Å². The maximum Gasteiger partial charge on any atom is 4.00 e. The summed E-state index contributed by atoms with van der Waals surface area (Å²) in [4.78, 5) is 0. The molecule has 0 unspecified atom stereocenters. The average molecular weight is 1220 g/mol. The van der Waals surface area contributed by atoms with Crippen LogP contribution in [0, 0.1) is 0 Å². The molecule has 0 N–H and O–H groups in total. The standard InChI is InChI=1S/8C8H14.4ClH.Ir/c8*1-2-4-6-8-7-5-3-1;;;;;/h8*1-2H,3-8H2;4*1H;/q;;;;;;;;;;;;+4/p-4/b8*2-1-;;;;;. The van der Waals surface area contributed by atoms with E-state index in [1.165, 1.54) is 308 Å². The van der Waals surface area contributed by atoms with Gasteiger partial charge in [-0.1, -0.05) is 200 Å². The first-order valence-corrected chi connectivity index (χ1v) is 29.2. The van der Waals surface area contributed by atoms with Crippen molar-refractivity contribution in [3.05, 3.63) is 97.2 Å². The van der Waals surface area contributed by atoms with Crippen molar-refractivity contribution in [3.63, 3.8) is 0 Å². The van der Waals surface area contributed by atoms with Gasteiger partial charge in [0.25, 0.3) is 0 Å². The van der Waals surface area contributed by atoms with Gasteiger partial charge < -0.3 is 49.6 Å². The molecule has 405 valence electrons. The zero-order chi connectivity index (χ0) is 45.3.